The second-order valence-electron chi connectivity index (χ2n) is 9.43. The van der Waals surface area contributed by atoms with E-state index in [9.17, 15) is 10.2 Å². The summed E-state index contributed by atoms with van der Waals surface area (Å²) >= 11 is 0. The zero-order valence-electron chi connectivity index (χ0n) is 22.6. The Morgan fingerprint density at radius 1 is 1.12 bits per heavy atom. The Hall–Kier alpha value is -3.53. The van der Waals surface area contributed by atoms with Crippen molar-refractivity contribution < 1.29 is 19.7 Å². The number of anilines is 1. The van der Waals surface area contributed by atoms with E-state index in [1.54, 1.807) is 17.9 Å². The van der Waals surface area contributed by atoms with Crippen LogP contribution < -0.4 is 22.2 Å². The van der Waals surface area contributed by atoms with Gasteiger partial charge in [0.1, 0.15) is 35.9 Å². The summed E-state index contributed by atoms with van der Waals surface area (Å²) in [6.45, 7) is 3.94. The van der Waals surface area contributed by atoms with Gasteiger partial charge in [0.2, 0.25) is 0 Å². The number of imidazole rings is 1. The first-order chi connectivity index (χ1) is 19.5. The summed E-state index contributed by atoms with van der Waals surface area (Å²) in [6.07, 6.45) is 2.70. The predicted octanol–water partition coefficient (Wildman–Crippen LogP) is -0.780. The fourth-order valence-electron chi connectivity index (χ4n) is 4.44. The summed E-state index contributed by atoms with van der Waals surface area (Å²) in [6, 6.07) is 8.12. The molecule has 2 aromatic heterocycles. The van der Waals surface area contributed by atoms with Crippen molar-refractivity contribution in [1.82, 2.24) is 30.2 Å². The highest BCUT2D eigenvalue weighted by molar-refractivity contribution is 6.38. The highest BCUT2D eigenvalue weighted by atomic mass is 16.6. The van der Waals surface area contributed by atoms with Crippen molar-refractivity contribution in [3.05, 3.63) is 48.0 Å². The van der Waals surface area contributed by atoms with Crippen LogP contribution in [0.4, 0.5) is 5.82 Å². The molecular formula is C26H38N10O4. The molecule has 1 fully saturated rings. The number of hydrogen-bond acceptors (Lipinski definition) is 13. The number of nitrogens with one attached hydrogen (secondary N) is 2. The number of nitrogens with two attached hydrogens (primary N) is 2. The standard InChI is InChI=1S/C26H38N10O4/c1-39-12-11-31-13-19(35-28)18-5-3-17(4-6-18)7-10-29-8-2-9-30-14-20-22(37)23(38)26(40-20)36-16-34-21-24(27)32-15-33-25(21)36/h3-6,13,15-16,20,22-23,26,29-30,37-38H,2,7-12,14,28H2,1H3,(H2,27,32,33)/b31-13?,35-19+/t20-,22-,23-,26-/m1/s1. The van der Waals surface area contributed by atoms with Crippen LogP contribution in [-0.2, 0) is 15.9 Å². The lowest BCUT2D eigenvalue weighted by Gasteiger charge is -2.16. The van der Waals surface area contributed by atoms with Gasteiger partial charge in [-0.25, -0.2) is 15.0 Å². The zero-order valence-corrected chi connectivity index (χ0v) is 22.6. The average Bonchev–Trinajstić information content (AvgIpc) is 3.52. The SMILES string of the molecule is COCCN=C/C(=N\N)c1ccc(CCNCCCNC[C@H]2O[C@@H](n3cnc4c(N)ncnc43)[C@H](O)[C@@H]2O)cc1. The smallest absolute Gasteiger partial charge is 0.167 e. The topological polar surface area (TPSA) is 203 Å². The molecule has 4 atom stereocenters. The summed E-state index contributed by atoms with van der Waals surface area (Å²) < 4.78 is 12.5. The van der Waals surface area contributed by atoms with Gasteiger partial charge in [-0.2, -0.15) is 5.10 Å². The molecule has 0 radical (unpaired) electrons. The minimum atomic E-state index is -1.13. The third-order valence-electron chi connectivity index (χ3n) is 6.67. The van der Waals surface area contributed by atoms with Gasteiger partial charge in [0.15, 0.2) is 17.7 Å². The maximum Gasteiger partial charge on any atom is 0.167 e. The highest BCUT2D eigenvalue weighted by Gasteiger charge is 2.44. The van der Waals surface area contributed by atoms with E-state index in [2.05, 4.69) is 47.8 Å². The van der Waals surface area contributed by atoms with Gasteiger partial charge in [0.05, 0.1) is 19.5 Å². The molecular weight excluding hydrogens is 516 g/mol. The van der Waals surface area contributed by atoms with Crippen LogP contribution in [-0.4, -0.2) is 106 Å². The molecule has 1 aliphatic rings. The van der Waals surface area contributed by atoms with Gasteiger partial charge in [-0.3, -0.25) is 9.56 Å². The van der Waals surface area contributed by atoms with E-state index >= 15 is 0 Å². The number of rotatable bonds is 15. The van der Waals surface area contributed by atoms with Gasteiger partial charge in [-0.05, 0) is 38.0 Å². The number of fused-ring (bicyclic) bond motifs is 1. The van der Waals surface area contributed by atoms with Crippen molar-refractivity contribution in [3.63, 3.8) is 0 Å². The molecule has 3 heterocycles. The Kier molecular flexibility index (Phi) is 10.9. The molecule has 40 heavy (non-hydrogen) atoms. The van der Waals surface area contributed by atoms with Crippen LogP contribution in [0.2, 0.25) is 0 Å². The molecule has 1 saturated heterocycles. The Balaban J connectivity index is 1.12. The fraction of sp³-hybridized carbons (Fsp3) is 0.500. The third kappa shape index (κ3) is 7.35. The molecule has 14 heteroatoms. The van der Waals surface area contributed by atoms with Crippen LogP contribution in [0.15, 0.2) is 47.0 Å². The van der Waals surface area contributed by atoms with Crippen molar-refractivity contribution >= 4 is 28.9 Å². The Morgan fingerprint density at radius 3 is 2.70 bits per heavy atom. The van der Waals surface area contributed by atoms with E-state index in [1.807, 2.05) is 12.1 Å². The van der Waals surface area contributed by atoms with Crippen molar-refractivity contribution in [3.8, 4) is 0 Å². The number of aliphatic hydroxyl groups excluding tert-OH is 2. The molecule has 3 aromatic rings. The molecule has 14 nitrogen and oxygen atoms in total. The quantitative estimate of drug-likeness (QED) is 0.0595. The van der Waals surface area contributed by atoms with E-state index in [1.165, 1.54) is 18.2 Å². The number of hydrazone groups is 1. The fourth-order valence-corrected chi connectivity index (χ4v) is 4.44. The van der Waals surface area contributed by atoms with Gasteiger partial charge in [0, 0.05) is 25.4 Å². The van der Waals surface area contributed by atoms with E-state index < -0.39 is 24.5 Å². The van der Waals surface area contributed by atoms with Gasteiger partial charge >= 0.3 is 0 Å². The number of nitrogen functional groups attached to an aromatic ring is 1. The molecule has 216 valence electrons. The Morgan fingerprint density at radius 2 is 1.93 bits per heavy atom. The molecule has 0 bridgehead atoms. The van der Waals surface area contributed by atoms with E-state index in [4.69, 9.17) is 21.1 Å². The first-order valence-corrected chi connectivity index (χ1v) is 13.3. The first-order valence-electron chi connectivity index (χ1n) is 13.3. The van der Waals surface area contributed by atoms with Gasteiger partial charge in [0.25, 0.3) is 0 Å². The number of hydrogen-bond donors (Lipinski definition) is 6. The zero-order chi connectivity index (χ0) is 28.3. The lowest BCUT2D eigenvalue weighted by molar-refractivity contribution is -0.0341. The summed E-state index contributed by atoms with van der Waals surface area (Å²) in [4.78, 5) is 16.6. The molecule has 8 N–H and O–H groups in total. The number of ether oxygens (including phenoxy) is 2. The number of benzene rings is 1. The van der Waals surface area contributed by atoms with Crippen molar-refractivity contribution in [2.24, 2.45) is 15.9 Å². The van der Waals surface area contributed by atoms with Crippen LogP contribution in [0.1, 0.15) is 23.8 Å². The monoisotopic (exact) mass is 554 g/mol. The number of aliphatic imine (C=N–C) groups is 1. The van der Waals surface area contributed by atoms with Crippen LogP contribution >= 0.6 is 0 Å². The van der Waals surface area contributed by atoms with E-state index in [0.717, 1.165) is 38.0 Å². The second kappa shape index (κ2) is 14.7. The lowest BCUT2D eigenvalue weighted by atomic mass is 10.1. The van der Waals surface area contributed by atoms with E-state index in [0.29, 0.717) is 36.6 Å². The van der Waals surface area contributed by atoms with Crippen LogP contribution in [0, 0.1) is 0 Å². The predicted molar refractivity (Wildman–Crippen MR) is 152 cm³/mol. The highest BCUT2D eigenvalue weighted by Crippen LogP contribution is 2.31. The van der Waals surface area contributed by atoms with E-state index in [-0.39, 0.29) is 5.82 Å². The van der Waals surface area contributed by atoms with Crippen molar-refractivity contribution in [2.45, 2.75) is 37.4 Å². The maximum absolute atomic E-state index is 10.6. The normalized spacial score (nSPS) is 21.6. The summed E-state index contributed by atoms with van der Waals surface area (Å²) in [5.74, 6) is 5.76. The molecule has 0 spiro atoms. The summed E-state index contributed by atoms with van der Waals surface area (Å²) in [7, 11) is 1.64. The van der Waals surface area contributed by atoms with Gasteiger partial charge in [-0.1, -0.05) is 24.3 Å². The van der Waals surface area contributed by atoms with Gasteiger partial charge < -0.3 is 41.9 Å². The number of nitrogens with zero attached hydrogens (tertiary/aromatic N) is 6. The maximum atomic E-state index is 10.6. The minimum Gasteiger partial charge on any atom is -0.387 e. The minimum absolute atomic E-state index is 0.244. The molecule has 0 saturated carbocycles. The Labute approximate surface area is 232 Å². The molecule has 0 unspecified atom stereocenters. The second-order valence-corrected chi connectivity index (χ2v) is 9.43. The Bertz CT molecular complexity index is 1270. The van der Waals surface area contributed by atoms with Crippen LogP contribution in [0.25, 0.3) is 11.2 Å². The van der Waals surface area contributed by atoms with Crippen molar-refractivity contribution in [2.75, 3.05) is 52.2 Å². The van der Waals surface area contributed by atoms with Crippen LogP contribution in [0.3, 0.4) is 0 Å². The number of aliphatic hydroxyl groups is 2. The molecule has 1 aromatic carbocycles. The lowest BCUT2D eigenvalue weighted by Crippen LogP contribution is -2.38. The van der Waals surface area contributed by atoms with Crippen LogP contribution in [0.5, 0.6) is 0 Å². The molecule has 4 rings (SSSR count). The summed E-state index contributed by atoms with van der Waals surface area (Å²) in [5.41, 5.74) is 9.46. The first kappa shape index (κ1) is 29.5. The summed E-state index contributed by atoms with van der Waals surface area (Å²) in [5, 5.41) is 31.6. The van der Waals surface area contributed by atoms with Crippen molar-refractivity contribution in [1.29, 1.82) is 0 Å². The number of aromatic nitrogens is 4. The molecule has 1 aliphatic heterocycles. The molecule has 0 amide bonds. The largest absolute Gasteiger partial charge is 0.387 e. The molecule has 0 aliphatic carbocycles. The number of methoxy groups -OCH3 is 1. The average molecular weight is 555 g/mol. The third-order valence-corrected chi connectivity index (χ3v) is 6.67. The van der Waals surface area contributed by atoms with Gasteiger partial charge in [-0.15, -0.1) is 0 Å².